The predicted molar refractivity (Wildman–Crippen MR) is 171 cm³/mol. The van der Waals surface area contributed by atoms with Crippen LogP contribution in [-0.4, -0.2) is 38.4 Å². The van der Waals surface area contributed by atoms with Gasteiger partial charge in [-0.1, -0.05) is 24.3 Å². The lowest BCUT2D eigenvalue weighted by molar-refractivity contribution is 0.355. The number of nitrogens with zero attached hydrogens (tertiary/aromatic N) is 2. The lowest BCUT2D eigenvalue weighted by atomic mass is 9.63. The lowest BCUT2D eigenvalue weighted by Crippen LogP contribution is -2.29. The molecule has 46 heavy (non-hydrogen) atoms. The number of fused-ring (bicyclic) bond motifs is 2. The first-order chi connectivity index (χ1) is 22.4. The third-order valence-electron chi connectivity index (χ3n) is 8.76. The Kier molecular flexibility index (Phi) is 6.21. The van der Waals surface area contributed by atoms with Gasteiger partial charge in [-0.3, -0.25) is 0 Å². The predicted octanol–water partition coefficient (Wildman–Crippen LogP) is 5.74. The fraction of sp³-hybridized carbons (Fsp3) is 0.167. The van der Waals surface area contributed by atoms with Crippen molar-refractivity contribution in [2.24, 2.45) is 11.8 Å². The largest absolute Gasteiger partial charge is 0.493 e. The van der Waals surface area contributed by atoms with E-state index in [-0.39, 0.29) is 23.6 Å². The summed E-state index contributed by atoms with van der Waals surface area (Å²) in [6.45, 7) is 0. The molecule has 4 aliphatic carbocycles. The molecule has 2 aromatic carbocycles. The second-order valence-corrected chi connectivity index (χ2v) is 11.2. The quantitative estimate of drug-likeness (QED) is 0.266. The molecule has 0 saturated carbocycles. The van der Waals surface area contributed by atoms with E-state index in [1.165, 1.54) is 28.4 Å². The van der Waals surface area contributed by atoms with E-state index in [4.69, 9.17) is 27.8 Å². The number of rotatable bonds is 6. The van der Waals surface area contributed by atoms with Crippen LogP contribution in [-0.2, 0) is 0 Å². The topological polar surface area (TPSA) is 123 Å². The number of allylic oxidation sites excluding steroid dienone is 14. The fourth-order valence-corrected chi connectivity index (χ4v) is 6.60. The van der Waals surface area contributed by atoms with Crippen molar-refractivity contribution in [1.29, 1.82) is 0 Å². The number of ether oxygens (including phenoxy) is 4. The van der Waals surface area contributed by atoms with Gasteiger partial charge in [0.2, 0.25) is 11.8 Å². The molecular weight excluding hydrogens is 588 g/mol. The molecule has 228 valence electrons. The van der Waals surface area contributed by atoms with Gasteiger partial charge in [-0.05, 0) is 46.6 Å². The summed E-state index contributed by atoms with van der Waals surface area (Å²) in [6.07, 6.45) is 16.3. The Labute approximate surface area is 261 Å². The molecule has 0 bridgehead atoms. The highest BCUT2D eigenvalue weighted by Crippen LogP contribution is 2.51. The first-order valence-electron chi connectivity index (χ1n) is 14.5. The van der Waals surface area contributed by atoms with Gasteiger partial charge in [0.05, 0.1) is 50.2 Å². The van der Waals surface area contributed by atoms with Gasteiger partial charge in [-0.15, -0.1) is 0 Å². The molecule has 0 fully saturated rings. The van der Waals surface area contributed by atoms with Crippen molar-refractivity contribution < 1.29 is 27.8 Å². The molecule has 0 radical (unpaired) electrons. The SMILES string of the molecule is COc1cc2nc(C3=CC4=CC=C5C=C(c6nc7cc(OC)c(OC)cc7c(=O)o6)C=C6C=CC(=C3)C4C56)oc(=O)c2cc1OC. The van der Waals surface area contributed by atoms with Crippen LogP contribution < -0.4 is 30.2 Å². The van der Waals surface area contributed by atoms with Crippen LogP contribution in [0.3, 0.4) is 0 Å². The van der Waals surface area contributed by atoms with E-state index in [1.54, 1.807) is 24.3 Å². The van der Waals surface area contributed by atoms with Crippen LogP contribution in [0.15, 0.2) is 114 Å². The molecule has 10 nitrogen and oxygen atoms in total. The summed E-state index contributed by atoms with van der Waals surface area (Å²) in [4.78, 5) is 35.3. The Morgan fingerprint density at radius 2 is 0.935 bits per heavy atom. The smallest absolute Gasteiger partial charge is 0.347 e. The molecule has 2 aromatic heterocycles. The molecule has 0 amide bonds. The number of aromatic nitrogens is 2. The molecule has 10 heteroatoms. The van der Waals surface area contributed by atoms with E-state index in [1.807, 2.05) is 24.3 Å². The molecular formula is C36H26N2O8. The normalized spacial score (nSPS) is 19.3. The second-order valence-electron chi connectivity index (χ2n) is 11.2. The van der Waals surface area contributed by atoms with E-state index in [2.05, 4.69) is 34.3 Å². The zero-order valence-corrected chi connectivity index (χ0v) is 25.2. The highest BCUT2D eigenvalue weighted by molar-refractivity contribution is 5.87. The van der Waals surface area contributed by atoms with Crippen LogP contribution in [0.5, 0.6) is 23.0 Å². The van der Waals surface area contributed by atoms with E-state index in [0.29, 0.717) is 56.0 Å². The van der Waals surface area contributed by atoms with Gasteiger partial charge in [0.15, 0.2) is 23.0 Å². The summed E-state index contributed by atoms with van der Waals surface area (Å²) in [6, 6.07) is 6.50. The molecule has 0 N–H and O–H groups in total. The van der Waals surface area contributed by atoms with Crippen molar-refractivity contribution in [3.05, 3.63) is 128 Å². The maximum absolute atomic E-state index is 13.0. The van der Waals surface area contributed by atoms with E-state index in [0.717, 1.165) is 22.3 Å². The Morgan fingerprint density at radius 1 is 0.543 bits per heavy atom. The number of hydrogen-bond donors (Lipinski definition) is 0. The average Bonchev–Trinajstić information content (AvgIpc) is 3.08. The summed E-state index contributed by atoms with van der Waals surface area (Å²) in [7, 11) is 6.09. The summed E-state index contributed by atoms with van der Waals surface area (Å²) in [5.74, 6) is 2.35. The molecule has 4 aliphatic rings. The monoisotopic (exact) mass is 614 g/mol. The maximum atomic E-state index is 13.0. The lowest BCUT2D eigenvalue weighted by Gasteiger charge is -2.40. The van der Waals surface area contributed by atoms with Gasteiger partial charge in [0, 0.05) is 47.2 Å². The molecule has 0 saturated heterocycles. The zero-order valence-electron chi connectivity index (χ0n) is 25.2. The number of benzene rings is 2. The first-order valence-corrected chi connectivity index (χ1v) is 14.5. The zero-order chi connectivity index (χ0) is 31.7. The highest BCUT2D eigenvalue weighted by atomic mass is 16.5. The van der Waals surface area contributed by atoms with Crippen LogP contribution >= 0.6 is 0 Å². The van der Waals surface area contributed by atoms with Gasteiger partial charge in [0.25, 0.3) is 0 Å². The van der Waals surface area contributed by atoms with Crippen LogP contribution in [0.4, 0.5) is 0 Å². The molecule has 0 spiro atoms. The third kappa shape index (κ3) is 4.17. The van der Waals surface area contributed by atoms with Crippen LogP contribution in [0, 0.1) is 11.8 Å². The van der Waals surface area contributed by atoms with Crippen molar-refractivity contribution in [3.63, 3.8) is 0 Å². The van der Waals surface area contributed by atoms with Crippen LogP contribution in [0.1, 0.15) is 11.8 Å². The minimum atomic E-state index is -0.511. The summed E-state index contributed by atoms with van der Waals surface area (Å²) in [5, 5.41) is 0.612. The van der Waals surface area contributed by atoms with Crippen molar-refractivity contribution >= 4 is 33.0 Å². The molecule has 0 aliphatic heterocycles. The maximum Gasteiger partial charge on any atom is 0.347 e. The van der Waals surface area contributed by atoms with Gasteiger partial charge in [0.1, 0.15) is 0 Å². The second kappa shape index (κ2) is 10.3. The number of methoxy groups -OCH3 is 4. The Bertz CT molecular complexity index is 2200. The first kappa shape index (κ1) is 27.6. The summed E-state index contributed by atoms with van der Waals surface area (Å²) >= 11 is 0. The van der Waals surface area contributed by atoms with Crippen molar-refractivity contribution in [1.82, 2.24) is 9.97 Å². The Balaban J connectivity index is 1.20. The average molecular weight is 615 g/mol. The van der Waals surface area contributed by atoms with E-state index < -0.39 is 11.3 Å². The highest BCUT2D eigenvalue weighted by Gasteiger charge is 2.39. The Morgan fingerprint density at radius 3 is 1.33 bits per heavy atom. The third-order valence-corrected chi connectivity index (χ3v) is 8.76. The van der Waals surface area contributed by atoms with Crippen molar-refractivity contribution in [3.8, 4) is 23.0 Å². The van der Waals surface area contributed by atoms with Gasteiger partial charge in [-0.2, -0.15) is 0 Å². The summed E-state index contributed by atoms with van der Waals surface area (Å²) < 4.78 is 32.9. The van der Waals surface area contributed by atoms with Crippen LogP contribution in [0.2, 0.25) is 0 Å². The standard InChI is InChI=1S/C36H26N2O8/c1-41-27-13-23-25(15-29(27)43-3)37-33(45-35(23)39)21-9-17-5-7-19-11-22(12-20-8-6-18(10-21)31(17)32(19)20)34-38-26-16-30(44-4)28(42-2)14-24(26)36(40)46-34/h5-16,31-32H,1-4H3. The molecule has 4 aromatic rings. The fourth-order valence-electron chi connectivity index (χ4n) is 6.60. The molecule has 2 atom stereocenters. The van der Waals surface area contributed by atoms with Crippen LogP contribution in [0.25, 0.3) is 33.0 Å². The summed E-state index contributed by atoms with van der Waals surface area (Å²) in [5.41, 5.74) is 5.55. The van der Waals surface area contributed by atoms with Gasteiger partial charge in [-0.25, -0.2) is 19.6 Å². The van der Waals surface area contributed by atoms with Crippen molar-refractivity contribution in [2.75, 3.05) is 28.4 Å². The molecule has 8 rings (SSSR count). The van der Waals surface area contributed by atoms with Gasteiger partial charge < -0.3 is 27.8 Å². The Hall–Kier alpha value is -5.90. The van der Waals surface area contributed by atoms with Gasteiger partial charge >= 0.3 is 11.3 Å². The molecule has 2 heterocycles. The molecule has 2 unspecified atom stereocenters. The van der Waals surface area contributed by atoms with E-state index >= 15 is 0 Å². The van der Waals surface area contributed by atoms with Crippen molar-refractivity contribution in [2.45, 2.75) is 0 Å². The minimum absolute atomic E-state index is 0.0580. The number of hydrogen-bond acceptors (Lipinski definition) is 10. The van der Waals surface area contributed by atoms with E-state index in [9.17, 15) is 9.59 Å². The minimum Gasteiger partial charge on any atom is -0.493 e.